The molecule has 0 aliphatic heterocycles. The van der Waals surface area contributed by atoms with Crippen LogP contribution in [0.25, 0.3) is 0 Å². The largest absolute Gasteiger partial charge is 0.388 e. The molecular formula is C15H20N2O. The monoisotopic (exact) mass is 244 g/mol. The van der Waals surface area contributed by atoms with E-state index in [1.807, 2.05) is 36.1 Å². The SMILES string of the molecule is CCn1cc(CC(O)c2ccc(C)cc2C)cn1. The van der Waals surface area contributed by atoms with Crippen molar-refractivity contribution >= 4 is 0 Å². The highest BCUT2D eigenvalue weighted by Crippen LogP contribution is 2.22. The third kappa shape index (κ3) is 2.79. The van der Waals surface area contributed by atoms with E-state index in [0.717, 1.165) is 23.2 Å². The number of hydrogen-bond acceptors (Lipinski definition) is 2. The smallest absolute Gasteiger partial charge is 0.0834 e. The Balaban J connectivity index is 2.13. The predicted octanol–water partition coefficient (Wildman–Crippen LogP) is 2.80. The van der Waals surface area contributed by atoms with E-state index in [2.05, 4.69) is 25.0 Å². The Morgan fingerprint density at radius 2 is 2.11 bits per heavy atom. The van der Waals surface area contributed by atoms with Gasteiger partial charge in [0.05, 0.1) is 12.3 Å². The number of rotatable bonds is 4. The van der Waals surface area contributed by atoms with Crippen LogP contribution in [0.15, 0.2) is 30.6 Å². The van der Waals surface area contributed by atoms with Crippen LogP contribution in [0.4, 0.5) is 0 Å². The van der Waals surface area contributed by atoms with Gasteiger partial charge in [-0.1, -0.05) is 23.8 Å². The van der Waals surface area contributed by atoms with Crippen LogP contribution in [-0.2, 0) is 13.0 Å². The molecule has 1 aromatic heterocycles. The van der Waals surface area contributed by atoms with Gasteiger partial charge in [0.2, 0.25) is 0 Å². The molecular weight excluding hydrogens is 224 g/mol. The molecule has 0 spiro atoms. The van der Waals surface area contributed by atoms with E-state index in [1.165, 1.54) is 5.56 Å². The van der Waals surface area contributed by atoms with Crippen LogP contribution in [0.3, 0.4) is 0 Å². The third-order valence-electron chi connectivity index (χ3n) is 3.22. The number of aryl methyl sites for hydroxylation is 3. The fourth-order valence-corrected chi connectivity index (χ4v) is 2.22. The lowest BCUT2D eigenvalue weighted by atomic mass is 9.97. The van der Waals surface area contributed by atoms with Gasteiger partial charge in [-0.15, -0.1) is 0 Å². The van der Waals surface area contributed by atoms with Crippen molar-refractivity contribution in [2.24, 2.45) is 0 Å². The first kappa shape index (κ1) is 12.8. The van der Waals surface area contributed by atoms with Crippen molar-refractivity contribution in [1.29, 1.82) is 0 Å². The van der Waals surface area contributed by atoms with Gasteiger partial charge < -0.3 is 5.11 Å². The second-order valence-corrected chi connectivity index (χ2v) is 4.78. The Bertz CT molecular complexity index is 531. The van der Waals surface area contributed by atoms with Gasteiger partial charge >= 0.3 is 0 Å². The van der Waals surface area contributed by atoms with Gasteiger partial charge in [-0.2, -0.15) is 5.10 Å². The molecule has 0 saturated carbocycles. The molecule has 0 saturated heterocycles. The van der Waals surface area contributed by atoms with E-state index in [1.54, 1.807) is 0 Å². The van der Waals surface area contributed by atoms with Crippen molar-refractivity contribution in [3.05, 3.63) is 52.8 Å². The summed E-state index contributed by atoms with van der Waals surface area (Å²) in [4.78, 5) is 0. The Labute approximate surface area is 108 Å². The molecule has 1 atom stereocenters. The van der Waals surface area contributed by atoms with Crippen molar-refractivity contribution in [2.45, 2.75) is 39.8 Å². The summed E-state index contributed by atoms with van der Waals surface area (Å²) >= 11 is 0. The number of aromatic nitrogens is 2. The molecule has 3 nitrogen and oxygen atoms in total. The summed E-state index contributed by atoms with van der Waals surface area (Å²) in [5.74, 6) is 0. The van der Waals surface area contributed by atoms with Crippen LogP contribution >= 0.6 is 0 Å². The first-order valence-corrected chi connectivity index (χ1v) is 6.36. The van der Waals surface area contributed by atoms with Crippen molar-refractivity contribution in [1.82, 2.24) is 9.78 Å². The second-order valence-electron chi connectivity index (χ2n) is 4.78. The maximum Gasteiger partial charge on any atom is 0.0834 e. The summed E-state index contributed by atoms with van der Waals surface area (Å²) in [6.07, 6.45) is 3.98. The van der Waals surface area contributed by atoms with Crippen LogP contribution < -0.4 is 0 Å². The van der Waals surface area contributed by atoms with E-state index < -0.39 is 6.10 Å². The molecule has 0 fully saturated rings. The van der Waals surface area contributed by atoms with E-state index in [9.17, 15) is 5.11 Å². The van der Waals surface area contributed by atoms with Gasteiger partial charge in [0.25, 0.3) is 0 Å². The molecule has 0 aliphatic rings. The molecule has 0 amide bonds. The number of hydrogen-bond donors (Lipinski definition) is 1. The molecule has 0 radical (unpaired) electrons. The molecule has 0 bridgehead atoms. The highest BCUT2D eigenvalue weighted by atomic mass is 16.3. The van der Waals surface area contributed by atoms with Crippen molar-refractivity contribution in [2.75, 3.05) is 0 Å². The summed E-state index contributed by atoms with van der Waals surface area (Å²) < 4.78 is 1.88. The molecule has 2 aromatic rings. The van der Waals surface area contributed by atoms with E-state index in [0.29, 0.717) is 6.42 Å². The zero-order chi connectivity index (χ0) is 13.1. The summed E-state index contributed by atoms with van der Waals surface area (Å²) in [5, 5.41) is 14.5. The van der Waals surface area contributed by atoms with E-state index in [4.69, 9.17) is 0 Å². The zero-order valence-corrected chi connectivity index (χ0v) is 11.2. The molecule has 3 heteroatoms. The van der Waals surface area contributed by atoms with Gasteiger partial charge in [0, 0.05) is 19.2 Å². The highest BCUT2D eigenvalue weighted by molar-refractivity contribution is 5.32. The molecule has 96 valence electrons. The Hall–Kier alpha value is -1.61. The van der Waals surface area contributed by atoms with Crippen LogP contribution in [0.2, 0.25) is 0 Å². The molecule has 1 N–H and O–H groups in total. The predicted molar refractivity (Wildman–Crippen MR) is 72.5 cm³/mol. The molecule has 2 rings (SSSR count). The standard InChI is InChI=1S/C15H20N2O/c1-4-17-10-13(9-16-17)8-15(18)14-6-5-11(2)7-12(14)3/h5-7,9-10,15,18H,4,8H2,1-3H3. The Morgan fingerprint density at radius 3 is 2.72 bits per heavy atom. The number of benzene rings is 1. The first-order valence-electron chi connectivity index (χ1n) is 6.36. The summed E-state index contributed by atoms with van der Waals surface area (Å²) in [6, 6.07) is 6.16. The quantitative estimate of drug-likeness (QED) is 0.898. The number of aliphatic hydroxyl groups excluding tert-OH is 1. The molecule has 1 unspecified atom stereocenters. The Morgan fingerprint density at radius 1 is 1.33 bits per heavy atom. The summed E-state index contributed by atoms with van der Waals surface area (Å²) in [7, 11) is 0. The van der Waals surface area contributed by atoms with Crippen LogP contribution in [0.1, 0.15) is 35.3 Å². The molecule has 0 aliphatic carbocycles. The third-order valence-corrected chi connectivity index (χ3v) is 3.22. The summed E-state index contributed by atoms with van der Waals surface area (Å²) in [5.41, 5.74) is 4.45. The minimum absolute atomic E-state index is 0.458. The van der Waals surface area contributed by atoms with Crippen molar-refractivity contribution < 1.29 is 5.11 Å². The lowest BCUT2D eigenvalue weighted by Crippen LogP contribution is -2.03. The zero-order valence-electron chi connectivity index (χ0n) is 11.2. The van der Waals surface area contributed by atoms with Crippen molar-refractivity contribution in [3.8, 4) is 0 Å². The fourth-order valence-electron chi connectivity index (χ4n) is 2.22. The molecule has 1 aromatic carbocycles. The first-order chi connectivity index (χ1) is 8.60. The van der Waals surface area contributed by atoms with Gasteiger partial charge in [-0.25, -0.2) is 0 Å². The number of aliphatic hydroxyl groups is 1. The fraction of sp³-hybridized carbons (Fsp3) is 0.400. The highest BCUT2D eigenvalue weighted by Gasteiger charge is 2.12. The number of nitrogens with zero attached hydrogens (tertiary/aromatic N) is 2. The molecule has 1 heterocycles. The Kier molecular flexibility index (Phi) is 3.82. The second kappa shape index (κ2) is 5.36. The average Bonchev–Trinajstić information content (AvgIpc) is 2.76. The lowest BCUT2D eigenvalue weighted by molar-refractivity contribution is 0.177. The maximum absolute atomic E-state index is 10.3. The van der Waals surface area contributed by atoms with Gasteiger partial charge in [0.15, 0.2) is 0 Å². The van der Waals surface area contributed by atoms with Gasteiger partial charge in [0.1, 0.15) is 0 Å². The van der Waals surface area contributed by atoms with Crippen LogP contribution in [0.5, 0.6) is 0 Å². The van der Waals surface area contributed by atoms with Crippen LogP contribution in [-0.4, -0.2) is 14.9 Å². The topological polar surface area (TPSA) is 38.0 Å². The maximum atomic E-state index is 10.3. The molecule has 18 heavy (non-hydrogen) atoms. The van der Waals surface area contributed by atoms with Gasteiger partial charge in [-0.3, -0.25) is 4.68 Å². The summed E-state index contributed by atoms with van der Waals surface area (Å²) in [6.45, 7) is 7.02. The van der Waals surface area contributed by atoms with E-state index in [-0.39, 0.29) is 0 Å². The normalized spacial score (nSPS) is 12.7. The van der Waals surface area contributed by atoms with Crippen LogP contribution in [0, 0.1) is 13.8 Å². The van der Waals surface area contributed by atoms with E-state index >= 15 is 0 Å². The van der Waals surface area contributed by atoms with Crippen molar-refractivity contribution in [3.63, 3.8) is 0 Å². The lowest BCUT2D eigenvalue weighted by Gasteiger charge is -2.13. The minimum atomic E-state index is -0.458. The minimum Gasteiger partial charge on any atom is -0.388 e. The van der Waals surface area contributed by atoms with Gasteiger partial charge in [-0.05, 0) is 37.5 Å². The average molecular weight is 244 g/mol.